The maximum Gasteiger partial charge on any atom is 0.419 e. The standard InChI is InChI=1S/C43H51F4N9O5S/c1-41(2,59)26-55-25-29(22-50-55)38-34(43(45,46)47)23-49-40(52-38)56(36-8-6-32(21-35(36)44)62(48,60)61)31-18-27(19-31)24-53-14-10-42(11-15-53)12-16-54(17-13-42)30-5-3-4-28(20-30)33-7-9-37(57)51-39(33)58/h3-6,8,20-23,25,27,31,33,59H,7,9-19,24,26H2,1-2H3,(H2,48,60,61)(H,51,57,58). The number of imide groups is 1. The van der Waals surface area contributed by atoms with E-state index in [9.17, 15) is 36.3 Å². The van der Waals surface area contributed by atoms with Gasteiger partial charge in [-0.15, -0.1) is 0 Å². The first-order valence-electron chi connectivity index (χ1n) is 21.0. The molecule has 1 atom stereocenters. The number of nitrogens with zero attached hydrogens (tertiary/aromatic N) is 7. The van der Waals surface area contributed by atoms with Gasteiger partial charge in [0.2, 0.25) is 27.8 Å². The van der Waals surface area contributed by atoms with Crippen LogP contribution in [0.4, 0.5) is 34.9 Å². The van der Waals surface area contributed by atoms with Gasteiger partial charge in [-0.05, 0) is 119 Å². The van der Waals surface area contributed by atoms with Crippen LogP contribution in [0.1, 0.15) is 82.3 Å². The minimum absolute atomic E-state index is 0.00470. The van der Waals surface area contributed by atoms with E-state index < -0.39 is 49.8 Å². The summed E-state index contributed by atoms with van der Waals surface area (Å²) in [6.07, 6.45) is 4.57. The van der Waals surface area contributed by atoms with Crippen LogP contribution in [0.15, 0.2) is 66.0 Å². The fourth-order valence-electron chi connectivity index (χ4n) is 9.54. The summed E-state index contributed by atoms with van der Waals surface area (Å²) in [4.78, 5) is 38.5. The fraction of sp³-hybridized carbons (Fsp3) is 0.512. The van der Waals surface area contributed by atoms with Gasteiger partial charge in [0.05, 0.1) is 40.5 Å². The summed E-state index contributed by atoms with van der Waals surface area (Å²) in [6, 6.07) is 10.8. The van der Waals surface area contributed by atoms with Gasteiger partial charge in [-0.3, -0.25) is 19.6 Å². The van der Waals surface area contributed by atoms with Crippen molar-refractivity contribution in [1.82, 2.24) is 30.0 Å². The van der Waals surface area contributed by atoms with Crippen molar-refractivity contribution < 1.29 is 40.7 Å². The topological polar surface area (TPSA) is 180 Å². The monoisotopic (exact) mass is 881 g/mol. The Labute approximate surface area is 357 Å². The molecule has 1 spiro atoms. The molecular weight excluding hydrogens is 831 g/mol. The van der Waals surface area contributed by atoms with Crippen LogP contribution in [-0.4, -0.2) is 94.4 Å². The van der Waals surface area contributed by atoms with Gasteiger partial charge in [0, 0.05) is 55.7 Å². The van der Waals surface area contributed by atoms with Crippen LogP contribution < -0.4 is 20.3 Å². The van der Waals surface area contributed by atoms with E-state index in [1.807, 2.05) is 12.1 Å². The molecule has 19 heteroatoms. The number of aliphatic hydroxyl groups is 1. The number of nitrogens with one attached hydrogen (secondary N) is 1. The molecule has 4 fully saturated rings. The Hall–Kier alpha value is -4.98. The first-order chi connectivity index (χ1) is 29.2. The number of carbonyl (C=O) groups is 2. The molecule has 1 saturated carbocycles. The zero-order valence-electron chi connectivity index (χ0n) is 34.6. The van der Waals surface area contributed by atoms with E-state index in [0.29, 0.717) is 31.9 Å². The van der Waals surface area contributed by atoms with Crippen LogP contribution >= 0.6 is 0 Å². The Morgan fingerprint density at radius 3 is 2.35 bits per heavy atom. The van der Waals surface area contributed by atoms with Gasteiger partial charge < -0.3 is 19.8 Å². The number of hydrogen-bond acceptors (Lipinski definition) is 11. The van der Waals surface area contributed by atoms with Gasteiger partial charge in [0.15, 0.2) is 0 Å². The average molecular weight is 882 g/mol. The third kappa shape index (κ3) is 9.50. The number of aromatic nitrogens is 4. The highest BCUT2D eigenvalue weighted by Gasteiger charge is 2.43. The van der Waals surface area contributed by atoms with E-state index >= 15 is 4.39 Å². The van der Waals surface area contributed by atoms with Crippen molar-refractivity contribution in [2.75, 3.05) is 42.5 Å². The zero-order chi connectivity index (χ0) is 44.2. The molecule has 0 bridgehead atoms. The molecule has 5 heterocycles. The predicted octanol–water partition coefficient (Wildman–Crippen LogP) is 5.74. The number of carbonyl (C=O) groups excluding carboxylic acids is 2. The van der Waals surface area contributed by atoms with Crippen molar-refractivity contribution in [2.45, 2.75) is 100 Å². The minimum Gasteiger partial charge on any atom is -0.389 e. The Morgan fingerprint density at radius 2 is 1.71 bits per heavy atom. The second-order valence-corrected chi connectivity index (χ2v) is 19.6. The first kappa shape index (κ1) is 43.7. The summed E-state index contributed by atoms with van der Waals surface area (Å²) < 4.78 is 84.5. The Balaban J connectivity index is 0.940. The third-order valence-electron chi connectivity index (χ3n) is 13.0. The van der Waals surface area contributed by atoms with Crippen molar-refractivity contribution in [2.24, 2.45) is 16.5 Å². The van der Waals surface area contributed by atoms with E-state index in [1.165, 1.54) is 28.0 Å². The SMILES string of the molecule is CC(C)(O)Cn1cc(-c2nc(N(c3ccc(S(N)(=O)=O)cc3F)C3CC(CN4CCC5(CC4)CCN(c4cccc(C6CCC(=O)NC6=O)c4)CC5)C3)ncc2C(F)(F)F)cn1. The summed E-state index contributed by atoms with van der Waals surface area (Å²) in [6.45, 7) is 7.55. The van der Waals surface area contributed by atoms with E-state index in [0.717, 1.165) is 81.8 Å². The quantitative estimate of drug-likeness (QED) is 0.124. The normalized spacial score (nSPS) is 22.4. The number of nitrogens with two attached hydrogens (primary N) is 1. The number of alkyl halides is 3. The molecule has 1 aliphatic carbocycles. The van der Waals surface area contributed by atoms with Crippen LogP contribution in [0.25, 0.3) is 11.3 Å². The molecule has 3 aliphatic heterocycles. The van der Waals surface area contributed by atoms with E-state index in [1.54, 1.807) is 13.8 Å². The molecule has 4 aliphatic rings. The number of piperidine rings is 3. The fourth-order valence-corrected chi connectivity index (χ4v) is 10.1. The number of primary sulfonamides is 1. The predicted molar refractivity (Wildman–Crippen MR) is 222 cm³/mol. The second kappa shape index (κ2) is 16.6. The molecule has 3 saturated heterocycles. The lowest BCUT2D eigenvalue weighted by atomic mass is 9.70. The molecule has 4 N–H and O–H groups in total. The van der Waals surface area contributed by atoms with Gasteiger partial charge >= 0.3 is 6.18 Å². The summed E-state index contributed by atoms with van der Waals surface area (Å²) in [7, 11) is -4.25. The maximum absolute atomic E-state index is 15.9. The number of rotatable bonds is 11. The third-order valence-corrected chi connectivity index (χ3v) is 13.9. The molecule has 62 heavy (non-hydrogen) atoms. The number of hydrogen-bond donors (Lipinski definition) is 3. The molecule has 332 valence electrons. The van der Waals surface area contributed by atoms with E-state index in [2.05, 4.69) is 42.3 Å². The Kier molecular flexibility index (Phi) is 11.7. The smallest absolute Gasteiger partial charge is 0.389 e. The van der Waals surface area contributed by atoms with E-state index in [-0.39, 0.29) is 52.8 Å². The van der Waals surface area contributed by atoms with Gasteiger partial charge in [-0.2, -0.15) is 18.3 Å². The first-order valence-corrected chi connectivity index (χ1v) is 22.5. The number of sulfonamides is 1. The summed E-state index contributed by atoms with van der Waals surface area (Å²) in [5, 5.41) is 22.1. The summed E-state index contributed by atoms with van der Waals surface area (Å²) in [5.41, 5.74) is -0.617. The van der Waals surface area contributed by atoms with Gasteiger partial charge in [-0.1, -0.05) is 12.1 Å². The number of halogens is 4. The number of anilines is 3. The summed E-state index contributed by atoms with van der Waals surface area (Å²) >= 11 is 0. The van der Waals surface area contributed by atoms with Gasteiger partial charge in [0.25, 0.3) is 0 Å². The Bertz CT molecular complexity index is 2430. The Morgan fingerprint density at radius 1 is 1.00 bits per heavy atom. The van der Waals surface area contributed by atoms with E-state index in [4.69, 9.17) is 5.14 Å². The van der Waals surface area contributed by atoms with Crippen LogP contribution in [0.3, 0.4) is 0 Å². The largest absolute Gasteiger partial charge is 0.419 e. The highest BCUT2D eigenvalue weighted by atomic mass is 32.2. The second-order valence-electron chi connectivity index (χ2n) is 18.1. The number of amides is 2. The minimum atomic E-state index is -4.84. The number of likely N-dealkylation sites (tertiary alicyclic amines) is 1. The van der Waals surface area contributed by atoms with Crippen LogP contribution in [0.2, 0.25) is 0 Å². The highest BCUT2D eigenvalue weighted by Crippen LogP contribution is 2.45. The molecule has 4 aromatic rings. The van der Waals surface area contributed by atoms with Crippen molar-refractivity contribution >= 4 is 39.2 Å². The molecular formula is C43H51F4N9O5S. The molecule has 1 unspecified atom stereocenters. The highest BCUT2D eigenvalue weighted by molar-refractivity contribution is 7.89. The average Bonchev–Trinajstić information content (AvgIpc) is 3.65. The lowest BCUT2D eigenvalue weighted by Gasteiger charge is -2.49. The molecule has 2 amide bonds. The zero-order valence-corrected chi connectivity index (χ0v) is 35.4. The van der Waals surface area contributed by atoms with Crippen molar-refractivity contribution in [1.29, 1.82) is 0 Å². The summed E-state index contributed by atoms with van der Waals surface area (Å²) in [5.74, 6) is -1.73. The van der Waals surface area contributed by atoms with Crippen molar-refractivity contribution in [3.63, 3.8) is 0 Å². The lowest BCUT2D eigenvalue weighted by Crippen LogP contribution is -2.51. The molecule has 8 rings (SSSR count). The van der Waals surface area contributed by atoms with Crippen LogP contribution in [0.5, 0.6) is 0 Å². The molecule has 2 aromatic carbocycles. The molecule has 2 aromatic heterocycles. The molecule has 0 radical (unpaired) electrons. The van der Waals surface area contributed by atoms with Crippen molar-refractivity contribution in [3.8, 4) is 11.3 Å². The molecule has 14 nitrogen and oxygen atoms in total. The van der Waals surface area contributed by atoms with Crippen molar-refractivity contribution in [3.05, 3.63) is 78.0 Å². The van der Waals surface area contributed by atoms with Crippen LogP contribution in [0, 0.1) is 17.2 Å². The maximum atomic E-state index is 15.9. The van der Waals surface area contributed by atoms with Gasteiger partial charge in [0.1, 0.15) is 11.4 Å². The van der Waals surface area contributed by atoms with Gasteiger partial charge in [-0.25, -0.2) is 27.9 Å². The van der Waals surface area contributed by atoms with Crippen LogP contribution in [-0.2, 0) is 32.3 Å². The number of benzene rings is 2. The lowest BCUT2D eigenvalue weighted by molar-refractivity contribution is -0.137.